The van der Waals surface area contributed by atoms with Crippen molar-refractivity contribution in [3.63, 3.8) is 0 Å². The second kappa shape index (κ2) is 10.1. The highest BCUT2D eigenvalue weighted by atomic mass is 35.5. The Morgan fingerprint density at radius 3 is 2.53 bits per heavy atom. The number of halogens is 1. The number of carbonyl (C=O) groups is 1. The second-order valence-electron chi connectivity index (χ2n) is 8.33. The van der Waals surface area contributed by atoms with Crippen molar-refractivity contribution in [2.24, 2.45) is 12.8 Å². The minimum atomic E-state index is -0.161. The van der Waals surface area contributed by atoms with Crippen LogP contribution in [0, 0.1) is 13.8 Å². The van der Waals surface area contributed by atoms with Crippen molar-refractivity contribution in [2.75, 3.05) is 5.32 Å². The van der Waals surface area contributed by atoms with E-state index in [9.17, 15) is 4.79 Å². The molecule has 170 valence electrons. The molecule has 9 heteroatoms. The van der Waals surface area contributed by atoms with Gasteiger partial charge in [-0.05, 0) is 62.1 Å². The molecular formula is C23H30ClN7O. The van der Waals surface area contributed by atoms with Crippen LogP contribution < -0.4 is 16.4 Å². The quantitative estimate of drug-likeness (QED) is 0.541. The molecule has 1 aliphatic carbocycles. The van der Waals surface area contributed by atoms with E-state index in [-0.39, 0.29) is 30.4 Å². The van der Waals surface area contributed by atoms with Crippen LogP contribution in [0.5, 0.6) is 0 Å². The van der Waals surface area contributed by atoms with Gasteiger partial charge in [0, 0.05) is 31.0 Å². The highest BCUT2D eigenvalue weighted by Crippen LogP contribution is 2.22. The third kappa shape index (κ3) is 5.44. The van der Waals surface area contributed by atoms with Gasteiger partial charge in [0.25, 0.3) is 5.91 Å². The van der Waals surface area contributed by atoms with Crippen LogP contribution >= 0.6 is 12.4 Å². The number of carbonyl (C=O) groups excluding carboxylic acids is 1. The fourth-order valence-electron chi connectivity index (χ4n) is 4.12. The van der Waals surface area contributed by atoms with Crippen molar-refractivity contribution in [3.8, 4) is 11.4 Å². The molecule has 4 N–H and O–H groups in total. The highest BCUT2D eigenvalue weighted by Gasteiger charge is 2.25. The molecule has 0 aliphatic heterocycles. The van der Waals surface area contributed by atoms with Crippen LogP contribution in [-0.2, 0) is 7.05 Å². The van der Waals surface area contributed by atoms with Gasteiger partial charge in [0.05, 0.1) is 5.69 Å². The Morgan fingerprint density at radius 2 is 1.81 bits per heavy atom. The lowest BCUT2D eigenvalue weighted by Crippen LogP contribution is -2.49. The summed E-state index contributed by atoms with van der Waals surface area (Å²) in [6.07, 6.45) is 5.75. The first kappa shape index (κ1) is 23.7. The van der Waals surface area contributed by atoms with Crippen LogP contribution in [0.2, 0.25) is 0 Å². The van der Waals surface area contributed by atoms with Gasteiger partial charge in [0.2, 0.25) is 5.95 Å². The molecule has 2 heterocycles. The molecule has 32 heavy (non-hydrogen) atoms. The van der Waals surface area contributed by atoms with E-state index >= 15 is 0 Å². The normalized spacial score (nSPS) is 18.0. The first-order chi connectivity index (χ1) is 14.9. The van der Waals surface area contributed by atoms with Gasteiger partial charge in [-0.2, -0.15) is 5.10 Å². The lowest BCUT2D eigenvalue weighted by Gasteiger charge is -2.29. The number of aromatic nitrogens is 4. The third-order valence-electron chi connectivity index (χ3n) is 5.64. The zero-order chi connectivity index (χ0) is 22.0. The average Bonchev–Trinajstić information content (AvgIpc) is 3.11. The summed E-state index contributed by atoms with van der Waals surface area (Å²) >= 11 is 0. The van der Waals surface area contributed by atoms with Crippen molar-refractivity contribution >= 4 is 29.9 Å². The molecule has 8 nitrogen and oxygen atoms in total. The molecule has 1 aliphatic rings. The summed E-state index contributed by atoms with van der Waals surface area (Å²) in [5, 5.41) is 10.8. The summed E-state index contributed by atoms with van der Waals surface area (Å²) in [6, 6.07) is 9.76. The molecule has 1 fully saturated rings. The van der Waals surface area contributed by atoms with E-state index in [2.05, 4.69) is 45.6 Å². The number of hydrogen-bond acceptors (Lipinski definition) is 6. The van der Waals surface area contributed by atoms with E-state index < -0.39 is 0 Å². The Labute approximate surface area is 194 Å². The van der Waals surface area contributed by atoms with Gasteiger partial charge in [-0.1, -0.05) is 18.9 Å². The van der Waals surface area contributed by atoms with Crippen LogP contribution in [0.4, 0.5) is 11.6 Å². The maximum Gasteiger partial charge on any atom is 0.269 e. The van der Waals surface area contributed by atoms with Crippen molar-refractivity contribution in [1.82, 2.24) is 25.1 Å². The highest BCUT2D eigenvalue weighted by molar-refractivity contribution is 5.93. The van der Waals surface area contributed by atoms with Crippen LogP contribution in [0.1, 0.15) is 47.3 Å². The van der Waals surface area contributed by atoms with Gasteiger partial charge in [-0.25, -0.2) is 9.97 Å². The second-order valence-corrected chi connectivity index (χ2v) is 8.33. The Kier molecular flexibility index (Phi) is 7.48. The lowest BCUT2D eigenvalue weighted by molar-refractivity contribution is 0.0911. The van der Waals surface area contributed by atoms with Crippen LogP contribution in [-0.4, -0.2) is 37.7 Å². The number of nitrogens with two attached hydrogens (primary N) is 1. The van der Waals surface area contributed by atoms with Gasteiger partial charge in [-0.15, -0.1) is 12.4 Å². The molecular weight excluding hydrogens is 426 g/mol. The minimum Gasteiger partial charge on any atom is -0.346 e. The zero-order valence-electron chi connectivity index (χ0n) is 18.6. The maximum atomic E-state index is 12.8. The number of anilines is 2. The largest absolute Gasteiger partial charge is 0.346 e. The predicted molar refractivity (Wildman–Crippen MR) is 128 cm³/mol. The van der Waals surface area contributed by atoms with Crippen molar-refractivity contribution in [1.29, 1.82) is 0 Å². The summed E-state index contributed by atoms with van der Waals surface area (Å²) in [4.78, 5) is 21.7. The predicted octanol–water partition coefficient (Wildman–Crippen LogP) is 3.66. The molecule has 0 unspecified atom stereocenters. The minimum absolute atomic E-state index is 0. The molecule has 3 aromatic rings. The smallest absolute Gasteiger partial charge is 0.269 e. The van der Waals surface area contributed by atoms with E-state index in [0.717, 1.165) is 42.5 Å². The Balaban J connectivity index is 0.00000289. The molecule has 2 aromatic heterocycles. The Hall–Kier alpha value is -2.97. The van der Waals surface area contributed by atoms with Crippen molar-refractivity contribution in [3.05, 3.63) is 53.3 Å². The lowest BCUT2D eigenvalue weighted by atomic mass is 9.91. The number of benzene rings is 1. The van der Waals surface area contributed by atoms with Crippen LogP contribution in [0.3, 0.4) is 0 Å². The number of hydrogen-bond donors (Lipinski definition) is 3. The molecule has 2 atom stereocenters. The number of nitrogens with one attached hydrogen (secondary N) is 2. The molecule has 1 amide bonds. The Bertz CT molecular complexity index is 1080. The molecule has 0 radical (unpaired) electrons. The summed E-state index contributed by atoms with van der Waals surface area (Å²) in [7, 11) is 1.76. The number of nitrogens with zero attached hydrogens (tertiary/aromatic N) is 4. The van der Waals surface area contributed by atoms with Gasteiger partial charge < -0.3 is 16.4 Å². The van der Waals surface area contributed by atoms with Gasteiger partial charge in [-0.3, -0.25) is 9.48 Å². The summed E-state index contributed by atoms with van der Waals surface area (Å²) < 4.78 is 1.58. The topological polar surface area (TPSA) is 111 Å². The SMILES string of the molecule is Cc1cc(C)cc(Nc2nccc(-c3cc(C(=O)N[C@@H]4CCCC[C@H]4N)n(C)n3)n2)c1.Cl. The molecule has 1 saturated carbocycles. The molecule has 0 spiro atoms. The van der Waals surface area contributed by atoms with Crippen LogP contribution in [0.25, 0.3) is 11.4 Å². The van der Waals surface area contributed by atoms with Gasteiger partial charge in [0.15, 0.2) is 0 Å². The number of rotatable bonds is 5. The first-order valence-corrected chi connectivity index (χ1v) is 10.7. The third-order valence-corrected chi connectivity index (χ3v) is 5.64. The number of aryl methyl sites for hydroxylation is 3. The number of amides is 1. The van der Waals surface area contributed by atoms with E-state index in [4.69, 9.17) is 5.73 Å². The van der Waals surface area contributed by atoms with Crippen LogP contribution in [0.15, 0.2) is 36.5 Å². The van der Waals surface area contributed by atoms with E-state index in [1.165, 1.54) is 0 Å². The maximum absolute atomic E-state index is 12.8. The average molecular weight is 456 g/mol. The van der Waals surface area contributed by atoms with Crippen molar-refractivity contribution in [2.45, 2.75) is 51.6 Å². The first-order valence-electron chi connectivity index (χ1n) is 10.7. The summed E-state index contributed by atoms with van der Waals surface area (Å²) in [5.41, 5.74) is 11.2. The molecule has 0 saturated heterocycles. The van der Waals surface area contributed by atoms with E-state index in [1.807, 2.05) is 12.1 Å². The van der Waals surface area contributed by atoms with E-state index in [0.29, 0.717) is 23.0 Å². The van der Waals surface area contributed by atoms with E-state index in [1.54, 1.807) is 30.1 Å². The van der Waals surface area contributed by atoms with Gasteiger partial charge >= 0.3 is 0 Å². The molecule has 0 bridgehead atoms. The zero-order valence-corrected chi connectivity index (χ0v) is 19.4. The fourth-order valence-corrected chi connectivity index (χ4v) is 4.12. The fraction of sp³-hybridized carbons (Fsp3) is 0.391. The molecule has 1 aromatic carbocycles. The van der Waals surface area contributed by atoms with Crippen molar-refractivity contribution < 1.29 is 4.79 Å². The summed E-state index contributed by atoms with van der Waals surface area (Å²) in [6.45, 7) is 4.10. The monoisotopic (exact) mass is 455 g/mol. The summed E-state index contributed by atoms with van der Waals surface area (Å²) in [5.74, 6) is 0.318. The standard InChI is InChI=1S/C23H29N7O.ClH/c1-14-10-15(2)12-16(11-14)26-23-25-9-8-19(28-23)20-13-21(30(3)29-20)22(31)27-18-7-5-4-6-17(18)24;/h8-13,17-18H,4-7,24H2,1-3H3,(H,27,31)(H,25,26,28);1H/t17-,18-;/m1./s1. The Morgan fingerprint density at radius 1 is 1.09 bits per heavy atom. The molecule has 4 rings (SSSR count). The van der Waals surface area contributed by atoms with Gasteiger partial charge in [0.1, 0.15) is 11.4 Å².